The zero-order valence-electron chi connectivity index (χ0n) is 17.3. The highest BCUT2D eigenvalue weighted by Gasteiger charge is 2.22. The van der Waals surface area contributed by atoms with Gasteiger partial charge in [0, 0.05) is 29.2 Å². The minimum Gasteiger partial charge on any atom is -0.497 e. The third-order valence-electron chi connectivity index (χ3n) is 5.14. The van der Waals surface area contributed by atoms with E-state index in [4.69, 9.17) is 16.3 Å². The van der Waals surface area contributed by atoms with Gasteiger partial charge in [0.15, 0.2) is 5.69 Å². The molecule has 0 fully saturated rings. The molecule has 0 bridgehead atoms. The third kappa shape index (κ3) is 3.78. The predicted molar refractivity (Wildman–Crippen MR) is 123 cm³/mol. The lowest BCUT2D eigenvalue weighted by molar-refractivity contribution is 0.0988. The van der Waals surface area contributed by atoms with Crippen molar-refractivity contribution in [1.29, 1.82) is 0 Å². The predicted octanol–water partition coefficient (Wildman–Crippen LogP) is 4.63. The smallest absolute Gasteiger partial charge is 0.279 e. The highest BCUT2D eigenvalue weighted by molar-refractivity contribution is 6.31. The van der Waals surface area contributed by atoms with Crippen molar-refractivity contribution in [3.63, 3.8) is 0 Å². The minimum atomic E-state index is -0.349. The summed E-state index contributed by atoms with van der Waals surface area (Å²) in [5.74, 6) is 0.233. The summed E-state index contributed by atoms with van der Waals surface area (Å²) in [5, 5.41) is 5.89. The van der Waals surface area contributed by atoms with Crippen LogP contribution in [0.3, 0.4) is 0 Å². The molecule has 0 atom stereocenters. The van der Waals surface area contributed by atoms with Gasteiger partial charge in [-0.25, -0.2) is 0 Å². The number of halogens is 1. The molecule has 1 amide bonds. The molecular weight excluding hydrogens is 414 g/mol. The Morgan fingerprint density at radius 1 is 1.03 bits per heavy atom. The fourth-order valence-corrected chi connectivity index (χ4v) is 3.64. The zero-order valence-corrected chi connectivity index (χ0v) is 18.1. The number of benzene rings is 3. The molecule has 0 radical (unpaired) electrons. The molecule has 1 aromatic heterocycles. The molecule has 0 N–H and O–H groups in total. The Kier molecular flexibility index (Phi) is 5.48. The molecule has 0 saturated heterocycles. The summed E-state index contributed by atoms with van der Waals surface area (Å²) in [7, 11) is 3.21. The molecule has 0 aliphatic carbocycles. The van der Waals surface area contributed by atoms with Crippen LogP contribution in [0.2, 0.25) is 5.02 Å². The largest absolute Gasteiger partial charge is 0.497 e. The Hall–Kier alpha value is -3.64. The summed E-state index contributed by atoms with van der Waals surface area (Å²) in [5.41, 5.74) is 1.92. The van der Waals surface area contributed by atoms with Crippen LogP contribution in [0.15, 0.2) is 71.5 Å². The lowest BCUT2D eigenvalue weighted by Crippen LogP contribution is -2.32. The molecule has 0 spiro atoms. The van der Waals surface area contributed by atoms with Crippen molar-refractivity contribution >= 4 is 34.0 Å². The number of hydrogen-bond donors (Lipinski definition) is 0. The number of ether oxygens (including phenoxy) is 1. The molecule has 31 heavy (non-hydrogen) atoms. The minimum absolute atomic E-state index is 0.167. The lowest BCUT2D eigenvalue weighted by Gasteiger charge is -2.21. The third-order valence-corrected chi connectivity index (χ3v) is 5.38. The number of methoxy groups -OCH3 is 1. The number of rotatable bonds is 4. The number of fused-ring (bicyclic) bond motifs is 1. The highest BCUT2D eigenvalue weighted by atomic mass is 35.5. The molecule has 0 unspecified atom stereocenters. The van der Waals surface area contributed by atoms with Crippen LogP contribution in [0.4, 0.5) is 5.69 Å². The van der Waals surface area contributed by atoms with Gasteiger partial charge in [-0.15, -0.1) is 0 Å². The summed E-state index contributed by atoms with van der Waals surface area (Å²) < 4.78 is 6.50. The van der Waals surface area contributed by atoms with Gasteiger partial charge in [0.2, 0.25) is 0 Å². The number of amides is 1. The van der Waals surface area contributed by atoms with E-state index in [1.54, 1.807) is 74.8 Å². The average Bonchev–Trinajstić information content (AvgIpc) is 2.80. The van der Waals surface area contributed by atoms with Crippen molar-refractivity contribution in [3.05, 3.63) is 93.4 Å². The first-order valence-corrected chi connectivity index (χ1v) is 9.99. The average molecular weight is 434 g/mol. The van der Waals surface area contributed by atoms with Gasteiger partial charge in [-0.05, 0) is 42.8 Å². The van der Waals surface area contributed by atoms with Gasteiger partial charge in [0.1, 0.15) is 5.75 Å². The van der Waals surface area contributed by atoms with E-state index in [0.29, 0.717) is 32.9 Å². The molecule has 1 heterocycles. The van der Waals surface area contributed by atoms with Gasteiger partial charge < -0.3 is 9.64 Å². The number of carbonyl (C=O) groups excluding carboxylic acids is 1. The topological polar surface area (TPSA) is 64.4 Å². The number of aryl methyl sites for hydroxylation is 1. The van der Waals surface area contributed by atoms with E-state index in [1.807, 2.05) is 13.0 Å². The van der Waals surface area contributed by atoms with Crippen LogP contribution in [0.5, 0.6) is 5.75 Å². The van der Waals surface area contributed by atoms with Gasteiger partial charge in [0.25, 0.3) is 11.5 Å². The summed E-state index contributed by atoms with van der Waals surface area (Å²) >= 11 is 6.15. The standard InChI is InChI=1S/C24H20ClN3O3/c1-15-11-12-16(25)13-21(15)27(2)24(30)22-19-9-4-5-10-20(19)23(29)28(26-22)17-7-6-8-18(14-17)31-3/h4-14H,1-3H3. The van der Waals surface area contributed by atoms with Gasteiger partial charge in [0.05, 0.1) is 18.2 Å². The summed E-state index contributed by atoms with van der Waals surface area (Å²) in [6.45, 7) is 1.90. The van der Waals surface area contributed by atoms with Crippen LogP contribution in [0, 0.1) is 6.92 Å². The molecule has 0 aliphatic rings. The van der Waals surface area contributed by atoms with Crippen LogP contribution in [-0.2, 0) is 0 Å². The van der Waals surface area contributed by atoms with E-state index in [9.17, 15) is 9.59 Å². The van der Waals surface area contributed by atoms with Gasteiger partial charge in [-0.2, -0.15) is 9.78 Å². The van der Waals surface area contributed by atoms with Gasteiger partial charge in [-0.3, -0.25) is 9.59 Å². The highest BCUT2D eigenvalue weighted by Crippen LogP contribution is 2.26. The zero-order chi connectivity index (χ0) is 22.1. The van der Waals surface area contributed by atoms with E-state index in [2.05, 4.69) is 5.10 Å². The summed E-state index contributed by atoms with van der Waals surface area (Å²) in [6, 6.07) is 19.3. The van der Waals surface area contributed by atoms with Gasteiger partial charge >= 0.3 is 0 Å². The Labute approximate surface area is 184 Å². The van der Waals surface area contributed by atoms with E-state index in [1.165, 1.54) is 9.58 Å². The molecule has 3 aromatic carbocycles. The van der Waals surface area contributed by atoms with Crippen molar-refractivity contribution < 1.29 is 9.53 Å². The van der Waals surface area contributed by atoms with E-state index < -0.39 is 0 Å². The van der Waals surface area contributed by atoms with Crippen molar-refractivity contribution in [3.8, 4) is 11.4 Å². The molecule has 7 heteroatoms. The first-order valence-electron chi connectivity index (χ1n) is 9.61. The first-order chi connectivity index (χ1) is 14.9. The SMILES string of the molecule is COc1cccc(-n2nc(C(=O)N(C)c3cc(Cl)ccc3C)c3ccccc3c2=O)c1. The fraction of sp³-hybridized carbons (Fsp3) is 0.125. The number of hydrogen-bond acceptors (Lipinski definition) is 4. The summed E-state index contributed by atoms with van der Waals surface area (Å²) in [4.78, 5) is 28.2. The van der Waals surface area contributed by atoms with E-state index in [0.717, 1.165) is 5.56 Å². The number of aromatic nitrogens is 2. The maximum atomic E-state index is 13.5. The number of anilines is 1. The molecule has 0 saturated carbocycles. The number of carbonyl (C=O) groups is 1. The molecule has 0 aliphatic heterocycles. The van der Waals surface area contributed by atoms with Crippen LogP contribution in [0.25, 0.3) is 16.5 Å². The monoisotopic (exact) mass is 433 g/mol. The van der Waals surface area contributed by atoms with Crippen LogP contribution < -0.4 is 15.2 Å². The first kappa shape index (κ1) is 20.6. The second kappa shape index (κ2) is 8.24. The molecule has 4 aromatic rings. The second-order valence-electron chi connectivity index (χ2n) is 7.11. The normalized spacial score (nSPS) is 10.8. The molecule has 4 rings (SSSR count). The van der Waals surface area contributed by atoms with E-state index >= 15 is 0 Å². The van der Waals surface area contributed by atoms with Crippen LogP contribution in [-0.4, -0.2) is 29.8 Å². The Bertz CT molecular complexity index is 1360. The van der Waals surface area contributed by atoms with Crippen molar-refractivity contribution in [2.24, 2.45) is 0 Å². The van der Waals surface area contributed by atoms with Crippen molar-refractivity contribution in [2.45, 2.75) is 6.92 Å². The summed E-state index contributed by atoms with van der Waals surface area (Å²) in [6.07, 6.45) is 0. The van der Waals surface area contributed by atoms with Gasteiger partial charge in [-0.1, -0.05) is 41.9 Å². The quantitative estimate of drug-likeness (QED) is 0.470. The van der Waals surface area contributed by atoms with Crippen molar-refractivity contribution in [1.82, 2.24) is 9.78 Å². The van der Waals surface area contributed by atoms with Crippen LogP contribution in [0.1, 0.15) is 16.1 Å². The molecule has 6 nitrogen and oxygen atoms in total. The maximum Gasteiger partial charge on any atom is 0.279 e. The van der Waals surface area contributed by atoms with Crippen molar-refractivity contribution in [2.75, 3.05) is 19.1 Å². The number of nitrogens with zero attached hydrogens (tertiary/aromatic N) is 3. The Balaban J connectivity index is 1.93. The lowest BCUT2D eigenvalue weighted by atomic mass is 10.1. The van der Waals surface area contributed by atoms with E-state index in [-0.39, 0.29) is 17.2 Å². The maximum absolute atomic E-state index is 13.5. The Morgan fingerprint density at radius 3 is 2.52 bits per heavy atom. The Morgan fingerprint density at radius 2 is 1.77 bits per heavy atom. The molecule has 156 valence electrons. The second-order valence-corrected chi connectivity index (χ2v) is 7.54. The van der Waals surface area contributed by atoms with Crippen LogP contribution >= 0.6 is 11.6 Å². The fourth-order valence-electron chi connectivity index (χ4n) is 3.48. The molecular formula is C24H20ClN3O3.